The fourth-order valence-electron chi connectivity index (χ4n) is 2.82. The number of non-ortho nitro benzene ring substituents is 1. The van der Waals surface area contributed by atoms with Gasteiger partial charge in [0.15, 0.2) is 5.82 Å². The van der Waals surface area contributed by atoms with Gasteiger partial charge in [-0.3, -0.25) is 10.1 Å². The first-order valence-corrected chi connectivity index (χ1v) is 7.41. The summed E-state index contributed by atoms with van der Waals surface area (Å²) in [7, 11) is 1.61. The number of benzene rings is 1. The van der Waals surface area contributed by atoms with Crippen molar-refractivity contribution in [3.05, 3.63) is 57.0 Å². The molecule has 2 aromatic rings. The molecule has 0 spiro atoms. The Labute approximate surface area is 134 Å². The molecule has 0 radical (unpaired) electrons. The quantitative estimate of drug-likeness (QED) is 0.636. The van der Waals surface area contributed by atoms with Crippen LogP contribution >= 0.6 is 0 Å². The van der Waals surface area contributed by atoms with E-state index in [-0.39, 0.29) is 10.6 Å². The zero-order valence-corrected chi connectivity index (χ0v) is 13.2. The Morgan fingerprint density at radius 1 is 1.30 bits per heavy atom. The third-order valence-electron chi connectivity index (χ3n) is 3.90. The minimum Gasteiger partial charge on any atom is -0.377 e. The van der Waals surface area contributed by atoms with E-state index in [0.29, 0.717) is 19.0 Å². The molecule has 0 atom stereocenters. The van der Waals surface area contributed by atoms with Gasteiger partial charge in [0.05, 0.1) is 4.92 Å². The predicted octanol–water partition coefficient (Wildman–Crippen LogP) is 2.40. The Kier molecular flexibility index (Phi) is 4.20. The first kappa shape index (κ1) is 15.4. The molecule has 1 aromatic carbocycles. The molecular formula is C16H18N4O3. The first-order valence-electron chi connectivity index (χ1n) is 7.41. The summed E-state index contributed by atoms with van der Waals surface area (Å²) >= 11 is 0. The highest BCUT2D eigenvalue weighted by atomic mass is 16.6. The van der Waals surface area contributed by atoms with Crippen LogP contribution in [0.25, 0.3) is 0 Å². The Hall–Kier alpha value is -2.54. The Morgan fingerprint density at radius 3 is 2.87 bits per heavy atom. The van der Waals surface area contributed by atoms with Crippen molar-refractivity contribution in [3.63, 3.8) is 0 Å². The monoisotopic (exact) mass is 314 g/mol. The van der Waals surface area contributed by atoms with Gasteiger partial charge in [-0.15, -0.1) is 0 Å². The molecule has 120 valence electrons. The van der Waals surface area contributed by atoms with E-state index in [4.69, 9.17) is 4.74 Å². The molecule has 1 aromatic heterocycles. The molecule has 0 fully saturated rings. The fraction of sp³-hybridized carbons (Fsp3) is 0.375. The molecule has 7 nitrogen and oxygen atoms in total. The minimum atomic E-state index is -0.356. The molecule has 0 saturated carbocycles. The molecule has 3 rings (SSSR count). The minimum absolute atomic E-state index is 0.129. The van der Waals surface area contributed by atoms with E-state index in [1.807, 2.05) is 19.1 Å². The van der Waals surface area contributed by atoms with Crippen LogP contribution in [-0.4, -0.2) is 28.5 Å². The molecule has 0 N–H and O–H groups in total. The lowest BCUT2D eigenvalue weighted by Crippen LogP contribution is -2.31. The smallest absolute Gasteiger partial charge is 0.269 e. The van der Waals surface area contributed by atoms with Crippen LogP contribution in [0.2, 0.25) is 0 Å². The summed E-state index contributed by atoms with van der Waals surface area (Å²) in [6.45, 7) is 3.73. The third-order valence-corrected chi connectivity index (χ3v) is 3.90. The largest absolute Gasteiger partial charge is 0.377 e. The number of rotatable bonds is 4. The molecule has 0 saturated heterocycles. The van der Waals surface area contributed by atoms with E-state index >= 15 is 0 Å². The van der Waals surface area contributed by atoms with Gasteiger partial charge in [-0.1, -0.05) is 6.07 Å². The normalized spacial score (nSPS) is 13.7. The summed E-state index contributed by atoms with van der Waals surface area (Å²) in [5, 5.41) is 11.0. The van der Waals surface area contributed by atoms with Gasteiger partial charge in [-0.05, 0) is 24.5 Å². The number of nitrogens with zero attached hydrogens (tertiary/aromatic N) is 4. The molecule has 1 aliphatic heterocycles. The van der Waals surface area contributed by atoms with Crippen molar-refractivity contribution < 1.29 is 9.66 Å². The molecule has 7 heteroatoms. The van der Waals surface area contributed by atoms with E-state index in [9.17, 15) is 10.1 Å². The zero-order valence-electron chi connectivity index (χ0n) is 13.2. The van der Waals surface area contributed by atoms with Crippen LogP contribution in [0.15, 0.2) is 24.3 Å². The number of anilines is 1. The average molecular weight is 314 g/mol. The van der Waals surface area contributed by atoms with Crippen LogP contribution in [-0.2, 0) is 24.3 Å². The van der Waals surface area contributed by atoms with Gasteiger partial charge >= 0.3 is 0 Å². The van der Waals surface area contributed by atoms with Gasteiger partial charge in [-0.2, -0.15) is 0 Å². The van der Waals surface area contributed by atoms with E-state index in [1.54, 1.807) is 19.2 Å². The van der Waals surface area contributed by atoms with Gasteiger partial charge in [-0.25, -0.2) is 9.97 Å². The van der Waals surface area contributed by atoms with Crippen LogP contribution in [0, 0.1) is 17.0 Å². The number of fused-ring (bicyclic) bond motifs is 1. The molecule has 0 unspecified atom stereocenters. The number of methoxy groups -OCH3 is 1. The lowest BCUT2D eigenvalue weighted by Gasteiger charge is -2.30. The maximum absolute atomic E-state index is 11.0. The first-order chi connectivity index (χ1) is 11.1. The van der Waals surface area contributed by atoms with Crippen molar-refractivity contribution >= 4 is 11.5 Å². The van der Waals surface area contributed by atoms with Gasteiger partial charge in [0.1, 0.15) is 12.4 Å². The number of hydrogen-bond donors (Lipinski definition) is 0. The summed E-state index contributed by atoms with van der Waals surface area (Å²) in [4.78, 5) is 21.6. The van der Waals surface area contributed by atoms with Crippen LogP contribution in [0.5, 0.6) is 0 Å². The second-order valence-electron chi connectivity index (χ2n) is 5.60. The van der Waals surface area contributed by atoms with E-state index < -0.39 is 0 Å². The molecular weight excluding hydrogens is 296 g/mol. The van der Waals surface area contributed by atoms with E-state index in [0.717, 1.165) is 35.6 Å². The molecule has 23 heavy (non-hydrogen) atoms. The maximum atomic E-state index is 11.0. The van der Waals surface area contributed by atoms with Crippen LogP contribution < -0.4 is 4.90 Å². The highest BCUT2D eigenvalue weighted by Gasteiger charge is 2.20. The SMILES string of the molecule is COCc1nc(C)cc(N2CCc3ccc([N+](=O)[O-])cc3C2)n1. The third kappa shape index (κ3) is 3.29. The highest BCUT2D eigenvalue weighted by molar-refractivity contribution is 5.48. The Balaban J connectivity index is 1.89. The lowest BCUT2D eigenvalue weighted by atomic mass is 9.99. The highest BCUT2D eigenvalue weighted by Crippen LogP contribution is 2.26. The maximum Gasteiger partial charge on any atom is 0.269 e. The number of nitro groups is 1. The standard InChI is InChI=1S/C16H18N4O3/c1-11-7-16(18-15(17-11)10-23-2)19-6-5-12-3-4-14(20(21)22)8-13(12)9-19/h3-4,7-8H,5-6,9-10H2,1-2H3. The van der Waals surface area contributed by atoms with Crippen molar-refractivity contribution in [2.75, 3.05) is 18.6 Å². The topological polar surface area (TPSA) is 81.4 Å². The fourth-order valence-corrected chi connectivity index (χ4v) is 2.82. The number of hydrogen-bond acceptors (Lipinski definition) is 6. The Bertz CT molecular complexity index is 748. The number of ether oxygens (including phenoxy) is 1. The van der Waals surface area contributed by atoms with Crippen LogP contribution in [0.1, 0.15) is 22.6 Å². The summed E-state index contributed by atoms with van der Waals surface area (Å²) < 4.78 is 5.11. The van der Waals surface area contributed by atoms with Crippen molar-refractivity contribution in [2.24, 2.45) is 0 Å². The molecule has 0 amide bonds. The Morgan fingerprint density at radius 2 is 2.13 bits per heavy atom. The summed E-state index contributed by atoms with van der Waals surface area (Å²) in [6, 6.07) is 7.01. The van der Waals surface area contributed by atoms with Crippen molar-refractivity contribution in [1.29, 1.82) is 0 Å². The number of aryl methyl sites for hydroxylation is 1. The van der Waals surface area contributed by atoms with Crippen molar-refractivity contribution in [1.82, 2.24) is 9.97 Å². The second kappa shape index (κ2) is 6.29. The van der Waals surface area contributed by atoms with Crippen LogP contribution in [0.4, 0.5) is 11.5 Å². The average Bonchev–Trinajstić information content (AvgIpc) is 2.53. The predicted molar refractivity (Wildman–Crippen MR) is 85.3 cm³/mol. The van der Waals surface area contributed by atoms with Gasteiger partial charge in [0.25, 0.3) is 5.69 Å². The molecule has 0 bridgehead atoms. The summed E-state index contributed by atoms with van der Waals surface area (Å²) in [5.41, 5.74) is 3.15. The van der Waals surface area contributed by atoms with Crippen LogP contribution in [0.3, 0.4) is 0 Å². The second-order valence-corrected chi connectivity index (χ2v) is 5.60. The molecule has 1 aliphatic rings. The number of aromatic nitrogens is 2. The zero-order chi connectivity index (χ0) is 16.4. The van der Waals surface area contributed by atoms with Crippen molar-refractivity contribution in [2.45, 2.75) is 26.5 Å². The van der Waals surface area contributed by atoms with Gasteiger partial charge in [0.2, 0.25) is 0 Å². The number of nitro benzene ring substituents is 1. The summed E-state index contributed by atoms with van der Waals surface area (Å²) in [5.74, 6) is 1.48. The van der Waals surface area contributed by atoms with Crippen molar-refractivity contribution in [3.8, 4) is 0 Å². The van der Waals surface area contributed by atoms with E-state index in [2.05, 4.69) is 14.9 Å². The van der Waals surface area contributed by atoms with Gasteiger partial charge in [0, 0.05) is 44.1 Å². The molecule has 0 aliphatic carbocycles. The van der Waals surface area contributed by atoms with Gasteiger partial charge < -0.3 is 9.64 Å². The molecule has 2 heterocycles. The lowest BCUT2D eigenvalue weighted by molar-refractivity contribution is -0.384. The van der Waals surface area contributed by atoms with E-state index in [1.165, 1.54) is 0 Å². The summed E-state index contributed by atoms with van der Waals surface area (Å²) in [6.07, 6.45) is 0.843.